The summed E-state index contributed by atoms with van der Waals surface area (Å²) in [5.74, 6) is 1.32. The van der Waals surface area contributed by atoms with E-state index in [2.05, 4.69) is 28.7 Å². The van der Waals surface area contributed by atoms with Crippen LogP contribution in [-0.4, -0.2) is 36.8 Å². The molecule has 0 N–H and O–H groups in total. The maximum Gasteiger partial charge on any atom is 0.158 e. The van der Waals surface area contributed by atoms with Crippen LogP contribution in [0.15, 0.2) is 12.4 Å². The number of hydrogen-bond acceptors (Lipinski definition) is 5. The molecule has 0 saturated heterocycles. The molecule has 0 fully saturated rings. The van der Waals surface area contributed by atoms with Gasteiger partial charge in [0.1, 0.15) is 11.9 Å². The molecule has 0 bridgehead atoms. The van der Waals surface area contributed by atoms with Crippen LogP contribution in [0.4, 0.5) is 5.82 Å². The largest absolute Gasteiger partial charge is 0.383 e. The molecule has 1 rings (SSSR count). The van der Waals surface area contributed by atoms with E-state index in [1.807, 2.05) is 6.07 Å². The number of hydrogen-bond donors (Lipinski definition) is 0. The van der Waals surface area contributed by atoms with Crippen molar-refractivity contribution in [2.24, 2.45) is 5.92 Å². The van der Waals surface area contributed by atoms with Crippen molar-refractivity contribution in [2.45, 2.75) is 13.8 Å². The lowest BCUT2D eigenvalue weighted by Gasteiger charge is -2.24. The molecule has 1 aromatic heterocycles. The summed E-state index contributed by atoms with van der Waals surface area (Å²) >= 11 is 0. The van der Waals surface area contributed by atoms with Crippen molar-refractivity contribution in [1.82, 2.24) is 9.97 Å². The molecule has 0 aromatic carbocycles. The SMILES string of the molecule is COCCN(CC(C)C)c1cnc(C#N)cn1. The summed E-state index contributed by atoms with van der Waals surface area (Å²) in [6, 6.07) is 1.96. The topological polar surface area (TPSA) is 62.0 Å². The van der Waals surface area contributed by atoms with Crippen molar-refractivity contribution in [3.63, 3.8) is 0 Å². The Kier molecular flexibility index (Phi) is 5.37. The zero-order valence-electron chi connectivity index (χ0n) is 10.6. The van der Waals surface area contributed by atoms with Gasteiger partial charge in [0.2, 0.25) is 0 Å². The molecule has 0 aliphatic rings. The minimum absolute atomic E-state index is 0.338. The zero-order chi connectivity index (χ0) is 12.7. The summed E-state index contributed by atoms with van der Waals surface area (Å²) in [6.45, 7) is 6.61. The van der Waals surface area contributed by atoms with E-state index in [-0.39, 0.29) is 0 Å². The Hall–Kier alpha value is -1.67. The van der Waals surface area contributed by atoms with Crippen molar-refractivity contribution >= 4 is 5.82 Å². The average Bonchev–Trinajstić information content (AvgIpc) is 2.34. The lowest BCUT2D eigenvalue weighted by molar-refractivity contribution is 0.204. The van der Waals surface area contributed by atoms with Gasteiger partial charge in [-0.2, -0.15) is 5.26 Å². The van der Waals surface area contributed by atoms with Gasteiger partial charge in [-0.1, -0.05) is 13.8 Å². The van der Waals surface area contributed by atoms with Crippen molar-refractivity contribution in [2.75, 3.05) is 31.7 Å². The lowest BCUT2D eigenvalue weighted by Crippen LogP contribution is -2.31. The molecule has 5 heteroatoms. The number of rotatable bonds is 6. The molecule has 0 atom stereocenters. The van der Waals surface area contributed by atoms with Gasteiger partial charge in [-0.25, -0.2) is 9.97 Å². The molecule has 0 amide bonds. The third-order valence-electron chi connectivity index (χ3n) is 2.23. The normalized spacial score (nSPS) is 10.3. The molecule has 0 unspecified atom stereocenters. The number of anilines is 1. The van der Waals surface area contributed by atoms with Gasteiger partial charge in [-0.3, -0.25) is 0 Å². The molecule has 0 aliphatic heterocycles. The van der Waals surface area contributed by atoms with Gasteiger partial charge in [-0.15, -0.1) is 0 Å². The van der Waals surface area contributed by atoms with Crippen molar-refractivity contribution in [3.8, 4) is 6.07 Å². The van der Waals surface area contributed by atoms with Crippen molar-refractivity contribution in [1.29, 1.82) is 5.26 Å². The second kappa shape index (κ2) is 6.81. The first-order valence-corrected chi connectivity index (χ1v) is 5.63. The molecule has 1 aromatic rings. The van der Waals surface area contributed by atoms with Gasteiger partial charge in [0.05, 0.1) is 19.0 Å². The van der Waals surface area contributed by atoms with Gasteiger partial charge in [0.25, 0.3) is 0 Å². The third kappa shape index (κ3) is 4.37. The molecule has 92 valence electrons. The Balaban J connectivity index is 2.76. The highest BCUT2D eigenvalue weighted by atomic mass is 16.5. The fourth-order valence-electron chi connectivity index (χ4n) is 1.48. The Labute approximate surface area is 102 Å². The Bertz CT molecular complexity index is 369. The highest BCUT2D eigenvalue weighted by Gasteiger charge is 2.10. The standard InChI is InChI=1S/C12H18N4O/c1-10(2)9-16(4-5-17-3)12-8-14-11(6-13)7-15-12/h7-8,10H,4-5,9H2,1-3H3. The van der Waals surface area contributed by atoms with Gasteiger partial charge >= 0.3 is 0 Å². The highest BCUT2D eigenvalue weighted by Crippen LogP contribution is 2.11. The monoisotopic (exact) mass is 234 g/mol. The van der Waals surface area contributed by atoms with Gasteiger partial charge < -0.3 is 9.64 Å². The lowest BCUT2D eigenvalue weighted by atomic mass is 10.2. The van der Waals surface area contributed by atoms with Crippen molar-refractivity contribution < 1.29 is 4.74 Å². The summed E-state index contributed by atoms with van der Waals surface area (Å²) in [6.07, 6.45) is 3.13. The van der Waals surface area contributed by atoms with E-state index in [1.54, 1.807) is 13.3 Å². The molecular weight excluding hydrogens is 216 g/mol. The predicted octanol–water partition coefficient (Wildman–Crippen LogP) is 1.46. The first-order chi connectivity index (χ1) is 8.17. The minimum Gasteiger partial charge on any atom is -0.383 e. The first kappa shape index (κ1) is 13.4. The summed E-state index contributed by atoms with van der Waals surface area (Å²) in [7, 11) is 1.68. The third-order valence-corrected chi connectivity index (χ3v) is 2.23. The van der Waals surface area contributed by atoms with Crippen LogP contribution in [0.2, 0.25) is 0 Å². The van der Waals surface area contributed by atoms with Crippen molar-refractivity contribution in [3.05, 3.63) is 18.1 Å². The van der Waals surface area contributed by atoms with Crippen LogP contribution < -0.4 is 4.90 Å². The number of nitrogens with zero attached hydrogens (tertiary/aromatic N) is 4. The van der Waals surface area contributed by atoms with Gasteiger partial charge in [-0.05, 0) is 5.92 Å². The van der Waals surface area contributed by atoms with Crippen LogP contribution >= 0.6 is 0 Å². The number of methoxy groups -OCH3 is 1. The molecule has 17 heavy (non-hydrogen) atoms. The fraction of sp³-hybridized carbons (Fsp3) is 0.583. The quantitative estimate of drug-likeness (QED) is 0.745. The summed E-state index contributed by atoms with van der Waals surface area (Å²) in [5, 5.41) is 8.67. The van der Waals surface area contributed by atoms with Crippen LogP contribution in [0, 0.1) is 17.2 Å². The van der Waals surface area contributed by atoms with E-state index < -0.39 is 0 Å². The number of nitriles is 1. The second-order valence-electron chi connectivity index (χ2n) is 4.20. The van der Waals surface area contributed by atoms with Gasteiger partial charge in [0, 0.05) is 20.2 Å². The molecule has 0 spiro atoms. The highest BCUT2D eigenvalue weighted by molar-refractivity contribution is 5.37. The number of aromatic nitrogens is 2. The molecule has 0 saturated carbocycles. The predicted molar refractivity (Wildman–Crippen MR) is 65.7 cm³/mol. The molecular formula is C12H18N4O. The van der Waals surface area contributed by atoms with Gasteiger partial charge in [0.15, 0.2) is 5.69 Å². The molecule has 1 heterocycles. The van der Waals surface area contributed by atoms with Crippen LogP contribution in [0.25, 0.3) is 0 Å². The number of ether oxygens (including phenoxy) is 1. The Morgan fingerprint density at radius 2 is 2.18 bits per heavy atom. The van der Waals surface area contributed by atoms with Crippen LogP contribution in [0.1, 0.15) is 19.5 Å². The molecule has 0 aliphatic carbocycles. The Morgan fingerprint density at radius 1 is 1.41 bits per heavy atom. The minimum atomic E-state index is 0.338. The van der Waals surface area contributed by atoms with E-state index in [4.69, 9.17) is 10.00 Å². The van der Waals surface area contributed by atoms with E-state index in [1.165, 1.54) is 6.20 Å². The Morgan fingerprint density at radius 3 is 2.65 bits per heavy atom. The molecule has 0 radical (unpaired) electrons. The fourth-order valence-corrected chi connectivity index (χ4v) is 1.48. The molecule has 5 nitrogen and oxygen atoms in total. The van der Waals surface area contributed by atoms with Crippen LogP contribution in [0.3, 0.4) is 0 Å². The van der Waals surface area contributed by atoms with E-state index in [0.29, 0.717) is 18.2 Å². The summed E-state index contributed by atoms with van der Waals surface area (Å²) in [4.78, 5) is 10.4. The first-order valence-electron chi connectivity index (χ1n) is 5.63. The maximum atomic E-state index is 8.67. The van der Waals surface area contributed by atoms with Crippen LogP contribution in [0.5, 0.6) is 0 Å². The maximum absolute atomic E-state index is 8.67. The second-order valence-corrected chi connectivity index (χ2v) is 4.20. The summed E-state index contributed by atoms with van der Waals surface area (Å²) in [5.41, 5.74) is 0.338. The van der Waals surface area contributed by atoms with E-state index in [9.17, 15) is 0 Å². The van der Waals surface area contributed by atoms with E-state index >= 15 is 0 Å². The summed E-state index contributed by atoms with van der Waals surface area (Å²) < 4.78 is 5.08. The smallest absolute Gasteiger partial charge is 0.158 e. The van der Waals surface area contributed by atoms with E-state index in [0.717, 1.165) is 18.9 Å². The van der Waals surface area contributed by atoms with Crippen LogP contribution in [-0.2, 0) is 4.74 Å². The zero-order valence-corrected chi connectivity index (χ0v) is 10.6. The average molecular weight is 234 g/mol.